The lowest BCUT2D eigenvalue weighted by Crippen LogP contribution is -2.11. The zero-order valence-electron chi connectivity index (χ0n) is 19.5. The van der Waals surface area contributed by atoms with Crippen LogP contribution in [0.2, 0.25) is 0 Å². The largest absolute Gasteiger partial charge is 0.494 e. The van der Waals surface area contributed by atoms with E-state index in [-0.39, 0.29) is 5.91 Å². The van der Waals surface area contributed by atoms with E-state index in [4.69, 9.17) is 14.7 Å². The van der Waals surface area contributed by atoms with E-state index < -0.39 is 5.97 Å². The fourth-order valence-electron chi connectivity index (χ4n) is 3.03. The molecule has 0 spiro atoms. The van der Waals surface area contributed by atoms with Crippen molar-refractivity contribution in [3.05, 3.63) is 96.6 Å². The van der Waals surface area contributed by atoms with Gasteiger partial charge < -0.3 is 14.8 Å². The van der Waals surface area contributed by atoms with Gasteiger partial charge in [-0.25, -0.2) is 4.79 Å². The molecule has 0 unspecified atom stereocenters. The summed E-state index contributed by atoms with van der Waals surface area (Å²) in [6, 6.07) is 24.2. The van der Waals surface area contributed by atoms with Crippen LogP contribution in [0, 0.1) is 11.3 Å². The van der Waals surface area contributed by atoms with E-state index in [0.717, 1.165) is 22.4 Å². The Bertz CT molecular complexity index is 1240. The minimum atomic E-state index is -0.502. The van der Waals surface area contributed by atoms with Crippen LogP contribution < -0.4 is 14.8 Å². The number of hydrogen-bond donors (Lipinski definition) is 1. The van der Waals surface area contributed by atoms with Crippen molar-refractivity contribution in [2.75, 3.05) is 11.9 Å². The van der Waals surface area contributed by atoms with Crippen molar-refractivity contribution < 1.29 is 19.1 Å². The first-order valence-corrected chi connectivity index (χ1v) is 11.1. The maximum Gasteiger partial charge on any atom is 0.336 e. The van der Waals surface area contributed by atoms with Crippen molar-refractivity contribution in [3.63, 3.8) is 0 Å². The van der Waals surface area contributed by atoms with Crippen LogP contribution in [-0.2, 0) is 9.59 Å². The number of nitriles is 1. The van der Waals surface area contributed by atoms with Gasteiger partial charge in [-0.1, -0.05) is 43.0 Å². The van der Waals surface area contributed by atoms with Gasteiger partial charge in [-0.05, 0) is 72.5 Å². The molecule has 0 bridgehead atoms. The van der Waals surface area contributed by atoms with Gasteiger partial charge in [0.15, 0.2) is 0 Å². The van der Waals surface area contributed by atoms with E-state index in [1.165, 1.54) is 6.08 Å². The number of carbonyl (C=O) groups excluding carboxylic acids is 2. The summed E-state index contributed by atoms with van der Waals surface area (Å²) in [5.41, 5.74) is 3.95. The van der Waals surface area contributed by atoms with E-state index in [9.17, 15) is 9.59 Å². The molecule has 0 atom stereocenters. The van der Waals surface area contributed by atoms with Crippen molar-refractivity contribution in [3.8, 4) is 28.7 Å². The molecule has 3 rings (SSSR count). The summed E-state index contributed by atoms with van der Waals surface area (Å²) in [5, 5.41) is 11.3. The Balaban J connectivity index is 1.51. The molecule has 6 nitrogen and oxygen atoms in total. The predicted molar refractivity (Wildman–Crippen MR) is 137 cm³/mol. The second kappa shape index (κ2) is 12.6. The van der Waals surface area contributed by atoms with E-state index in [1.54, 1.807) is 37.3 Å². The summed E-state index contributed by atoms with van der Waals surface area (Å²) in [5.74, 6) is 0.382. The molecule has 1 N–H and O–H groups in total. The molecule has 3 aromatic carbocycles. The number of carbonyl (C=O) groups is 2. The second-order valence-corrected chi connectivity index (χ2v) is 7.77. The zero-order valence-corrected chi connectivity index (χ0v) is 19.5. The highest BCUT2D eigenvalue weighted by Crippen LogP contribution is 2.23. The Kier molecular flexibility index (Phi) is 8.98. The molecule has 0 fully saturated rings. The van der Waals surface area contributed by atoms with Gasteiger partial charge >= 0.3 is 5.97 Å². The maximum atomic E-state index is 12.2. The molecule has 176 valence electrons. The van der Waals surface area contributed by atoms with E-state index in [1.807, 2.05) is 48.5 Å². The summed E-state index contributed by atoms with van der Waals surface area (Å²) in [6.07, 6.45) is 4.25. The number of amides is 1. The summed E-state index contributed by atoms with van der Waals surface area (Å²) >= 11 is 0. The highest BCUT2D eigenvalue weighted by Gasteiger charge is 2.05. The molecule has 0 aliphatic rings. The van der Waals surface area contributed by atoms with Crippen molar-refractivity contribution >= 4 is 23.6 Å². The SMILES string of the molecule is C=C(C)C(=O)Nc1ccc(OC(=O)/C=C/c2ccc(-c3ccc(OCCCC#N)cc3)cc2)cc1. The molecule has 3 aromatic rings. The lowest BCUT2D eigenvalue weighted by Gasteiger charge is -2.07. The summed E-state index contributed by atoms with van der Waals surface area (Å²) in [4.78, 5) is 23.8. The van der Waals surface area contributed by atoms with Crippen molar-refractivity contribution in [1.29, 1.82) is 5.26 Å². The number of rotatable bonds is 10. The van der Waals surface area contributed by atoms with Gasteiger partial charge in [-0.2, -0.15) is 5.26 Å². The van der Waals surface area contributed by atoms with Crippen molar-refractivity contribution in [2.45, 2.75) is 19.8 Å². The number of anilines is 1. The third-order valence-electron chi connectivity index (χ3n) is 4.93. The third kappa shape index (κ3) is 8.02. The molecule has 0 aliphatic heterocycles. The van der Waals surface area contributed by atoms with Crippen LogP contribution >= 0.6 is 0 Å². The molecule has 0 heterocycles. The Labute approximate surface area is 205 Å². The maximum absolute atomic E-state index is 12.2. The number of esters is 1. The van der Waals surface area contributed by atoms with Gasteiger partial charge in [0.25, 0.3) is 5.91 Å². The third-order valence-corrected chi connectivity index (χ3v) is 4.93. The van der Waals surface area contributed by atoms with Crippen LogP contribution in [0.15, 0.2) is 91.0 Å². The first-order valence-electron chi connectivity index (χ1n) is 11.1. The van der Waals surface area contributed by atoms with Gasteiger partial charge in [-0.3, -0.25) is 4.79 Å². The molecule has 0 saturated heterocycles. The van der Waals surface area contributed by atoms with Crippen LogP contribution in [0.1, 0.15) is 25.3 Å². The van der Waals surface area contributed by atoms with Crippen LogP contribution in [0.5, 0.6) is 11.5 Å². The van der Waals surface area contributed by atoms with Crippen LogP contribution in [0.4, 0.5) is 5.69 Å². The summed E-state index contributed by atoms with van der Waals surface area (Å²) in [7, 11) is 0. The quantitative estimate of drug-likeness (QED) is 0.167. The minimum absolute atomic E-state index is 0.266. The lowest BCUT2D eigenvalue weighted by molar-refractivity contribution is -0.128. The molecular weight excluding hydrogens is 440 g/mol. The van der Waals surface area contributed by atoms with Gasteiger partial charge in [0.05, 0.1) is 12.7 Å². The molecule has 0 radical (unpaired) electrons. The molecule has 0 aromatic heterocycles. The highest BCUT2D eigenvalue weighted by molar-refractivity contribution is 6.02. The fourth-order valence-corrected chi connectivity index (χ4v) is 3.03. The average Bonchev–Trinajstić information content (AvgIpc) is 2.87. The van der Waals surface area contributed by atoms with E-state index in [0.29, 0.717) is 36.5 Å². The monoisotopic (exact) mass is 466 g/mol. The van der Waals surface area contributed by atoms with Gasteiger partial charge in [0.1, 0.15) is 11.5 Å². The molecule has 0 aliphatic carbocycles. The normalized spacial score (nSPS) is 10.4. The number of ether oxygens (including phenoxy) is 2. The topological polar surface area (TPSA) is 88.4 Å². The number of hydrogen-bond acceptors (Lipinski definition) is 5. The number of unbranched alkanes of at least 4 members (excludes halogenated alkanes) is 1. The van der Waals surface area contributed by atoms with Crippen molar-refractivity contribution in [2.24, 2.45) is 0 Å². The van der Waals surface area contributed by atoms with Crippen LogP contribution in [-0.4, -0.2) is 18.5 Å². The summed E-state index contributed by atoms with van der Waals surface area (Å²) in [6.45, 7) is 5.74. The Morgan fingerprint density at radius 1 is 0.943 bits per heavy atom. The Hall–Kier alpha value is -4.63. The van der Waals surface area contributed by atoms with E-state index >= 15 is 0 Å². The molecule has 6 heteroatoms. The highest BCUT2D eigenvalue weighted by atomic mass is 16.5. The number of benzene rings is 3. The Morgan fingerprint density at radius 3 is 2.14 bits per heavy atom. The lowest BCUT2D eigenvalue weighted by atomic mass is 10.0. The molecule has 0 saturated carbocycles. The summed E-state index contributed by atoms with van der Waals surface area (Å²) < 4.78 is 10.9. The Morgan fingerprint density at radius 2 is 1.54 bits per heavy atom. The smallest absolute Gasteiger partial charge is 0.336 e. The standard InChI is InChI=1S/C29H26N2O4/c1-21(2)29(33)31-25-12-16-27(17-13-25)35-28(32)18-7-22-5-8-23(9-6-22)24-10-14-26(15-11-24)34-20-4-3-19-30/h5-18H,1,3-4,20H2,2H3,(H,31,33)/b18-7+. The average molecular weight is 467 g/mol. The number of nitrogens with one attached hydrogen (secondary N) is 1. The van der Waals surface area contributed by atoms with Gasteiger partial charge in [0, 0.05) is 23.8 Å². The van der Waals surface area contributed by atoms with Crippen LogP contribution in [0.3, 0.4) is 0 Å². The minimum Gasteiger partial charge on any atom is -0.494 e. The zero-order chi connectivity index (χ0) is 25.0. The van der Waals surface area contributed by atoms with Crippen molar-refractivity contribution in [1.82, 2.24) is 0 Å². The molecule has 1 amide bonds. The van der Waals surface area contributed by atoms with E-state index in [2.05, 4.69) is 18.0 Å². The number of nitrogens with zero attached hydrogens (tertiary/aromatic N) is 1. The van der Waals surface area contributed by atoms with Gasteiger partial charge in [-0.15, -0.1) is 0 Å². The second-order valence-electron chi connectivity index (χ2n) is 7.77. The first-order chi connectivity index (χ1) is 16.9. The first kappa shape index (κ1) is 25.0. The fraction of sp³-hybridized carbons (Fsp3) is 0.138. The van der Waals surface area contributed by atoms with Gasteiger partial charge in [0.2, 0.25) is 0 Å². The molecular formula is C29H26N2O4. The predicted octanol–water partition coefficient (Wildman–Crippen LogP) is 6.17. The van der Waals surface area contributed by atoms with Crippen LogP contribution in [0.25, 0.3) is 17.2 Å². The molecule has 35 heavy (non-hydrogen) atoms.